The molecule has 1 aromatic carbocycles. The number of rotatable bonds is 4. The zero-order chi connectivity index (χ0) is 13.1. The van der Waals surface area contributed by atoms with Gasteiger partial charge in [0.15, 0.2) is 0 Å². The molecule has 0 bridgehead atoms. The minimum absolute atomic E-state index is 0.148. The van der Waals surface area contributed by atoms with Crippen molar-refractivity contribution in [1.29, 1.82) is 5.26 Å². The molecule has 0 unspecified atom stereocenters. The number of nitriles is 1. The smallest absolute Gasteiger partial charge is 0.324 e. The standard InChI is InChI=1S/C11H10F4N2/c1-7-3-2-4-8(5-16)9(7)17-6-11(14,15)10(12)13/h2-4,10,17H,6H2,1H3. The lowest BCUT2D eigenvalue weighted by Gasteiger charge is -2.18. The number of nitrogens with one attached hydrogen (secondary N) is 1. The van der Waals surface area contributed by atoms with E-state index in [1.165, 1.54) is 6.07 Å². The molecular weight excluding hydrogens is 236 g/mol. The number of anilines is 1. The van der Waals surface area contributed by atoms with Gasteiger partial charge in [-0.05, 0) is 18.6 Å². The fourth-order valence-electron chi connectivity index (χ4n) is 1.28. The predicted octanol–water partition coefficient (Wildman–Crippen LogP) is 3.18. The van der Waals surface area contributed by atoms with Gasteiger partial charge < -0.3 is 5.32 Å². The van der Waals surface area contributed by atoms with Crippen LogP contribution in [0.15, 0.2) is 18.2 Å². The first-order valence-electron chi connectivity index (χ1n) is 4.78. The number of alkyl halides is 4. The molecule has 1 rings (SSSR count). The first-order chi connectivity index (χ1) is 7.88. The van der Waals surface area contributed by atoms with E-state index in [9.17, 15) is 17.6 Å². The molecule has 0 saturated carbocycles. The van der Waals surface area contributed by atoms with Gasteiger partial charge in [0.05, 0.1) is 17.8 Å². The number of hydrogen-bond donors (Lipinski definition) is 1. The van der Waals surface area contributed by atoms with Crippen molar-refractivity contribution in [3.8, 4) is 6.07 Å². The highest BCUT2D eigenvalue weighted by Gasteiger charge is 2.40. The fourth-order valence-corrected chi connectivity index (χ4v) is 1.28. The third-order valence-electron chi connectivity index (χ3n) is 2.21. The van der Waals surface area contributed by atoms with Crippen LogP contribution in [0, 0.1) is 18.3 Å². The second-order valence-electron chi connectivity index (χ2n) is 3.52. The number of halogens is 4. The maximum Gasteiger partial charge on any atom is 0.324 e. The number of benzene rings is 1. The van der Waals surface area contributed by atoms with E-state index in [-0.39, 0.29) is 11.3 Å². The molecule has 0 aliphatic carbocycles. The average molecular weight is 246 g/mol. The highest BCUT2D eigenvalue weighted by atomic mass is 19.3. The van der Waals surface area contributed by atoms with E-state index in [1.54, 1.807) is 25.1 Å². The molecule has 0 radical (unpaired) electrons. The van der Waals surface area contributed by atoms with Gasteiger partial charge in [0, 0.05) is 0 Å². The summed E-state index contributed by atoms with van der Waals surface area (Å²) in [6.07, 6.45) is -3.73. The monoisotopic (exact) mass is 246 g/mol. The average Bonchev–Trinajstić information content (AvgIpc) is 2.26. The summed E-state index contributed by atoms with van der Waals surface area (Å²) >= 11 is 0. The molecule has 17 heavy (non-hydrogen) atoms. The summed E-state index contributed by atoms with van der Waals surface area (Å²) in [5.74, 6) is -4.12. The lowest BCUT2D eigenvalue weighted by Crippen LogP contribution is -2.35. The quantitative estimate of drug-likeness (QED) is 0.828. The Bertz CT molecular complexity index is 438. The number of nitrogens with zero attached hydrogens (tertiary/aromatic N) is 1. The zero-order valence-corrected chi connectivity index (χ0v) is 8.98. The SMILES string of the molecule is Cc1cccc(C#N)c1NCC(F)(F)C(F)F. The van der Waals surface area contributed by atoms with Crippen LogP contribution in [0.2, 0.25) is 0 Å². The lowest BCUT2D eigenvalue weighted by molar-refractivity contribution is -0.117. The lowest BCUT2D eigenvalue weighted by atomic mass is 10.1. The van der Waals surface area contributed by atoms with E-state index in [2.05, 4.69) is 5.32 Å². The van der Waals surface area contributed by atoms with Crippen molar-refractivity contribution in [2.24, 2.45) is 0 Å². The van der Waals surface area contributed by atoms with Crippen molar-refractivity contribution in [3.05, 3.63) is 29.3 Å². The van der Waals surface area contributed by atoms with Gasteiger partial charge in [-0.3, -0.25) is 0 Å². The Morgan fingerprint density at radius 3 is 2.59 bits per heavy atom. The molecule has 0 heterocycles. The van der Waals surface area contributed by atoms with E-state index in [1.807, 2.05) is 0 Å². The van der Waals surface area contributed by atoms with Gasteiger partial charge in [0.2, 0.25) is 0 Å². The van der Waals surface area contributed by atoms with Crippen LogP contribution in [0.5, 0.6) is 0 Å². The molecule has 0 aromatic heterocycles. The predicted molar refractivity (Wildman–Crippen MR) is 55.3 cm³/mol. The molecule has 1 N–H and O–H groups in total. The summed E-state index contributed by atoms with van der Waals surface area (Å²) in [6, 6.07) is 6.42. The normalized spacial score (nSPS) is 11.4. The summed E-state index contributed by atoms with van der Waals surface area (Å²) in [5, 5.41) is 11.0. The molecule has 0 amide bonds. The first kappa shape index (κ1) is 13.3. The molecular formula is C11H10F4N2. The maximum absolute atomic E-state index is 12.7. The van der Waals surface area contributed by atoms with Gasteiger partial charge in [-0.25, -0.2) is 8.78 Å². The van der Waals surface area contributed by atoms with Crippen LogP contribution in [0.4, 0.5) is 23.2 Å². The van der Waals surface area contributed by atoms with Crippen molar-refractivity contribution < 1.29 is 17.6 Å². The molecule has 1 aromatic rings. The first-order valence-corrected chi connectivity index (χ1v) is 4.78. The zero-order valence-electron chi connectivity index (χ0n) is 8.98. The minimum atomic E-state index is -4.12. The maximum atomic E-state index is 12.7. The number of hydrogen-bond acceptors (Lipinski definition) is 2. The largest absolute Gasteiger partial charge is 0.377 e. The van der Waals surface area contributed by atoms with Gasteiger partial charge in [0.1, 0.15) is 6.07 Å². The number of para-hydroxylation sites is 1. The molecule has 0 aliphatic rings. The van der Waals surface area contributed by atoms with Crippen LogP contribution in [-0.4, -0.2) is 18.9 Å². The summed E-state index contributed by atoms with van der Waals surface area (Å²) in [4.78, 5) is 0. The van der Waals surface area contributed by atoms with Crippen LogP contribution < -0.4 is 5.32 Å². The Balaban J connectivity index is 2.87. The van der Waals surface area contributed by atoms with Crippen LogP contribution >= 0.6 is 0 Å². The van der Waals surface area contributed by atoms with Crippen molar-refractivity contribution in [3.63, 3.8) is 0 Å². The fraction of sp³-hybridized carbons (Fsp3) is 0.364. The molecule has 0 atom stereocenters. The Morgan fingerprint density at radius 2 is 2.06 bits per heavy atom. The van der Waals surface area contributed by atoms with Crippen LogP contribution in [-0.2, 0) is 0 Å². The Kier molecular flexibility index (Phi) is 3.94. The molecule has 0 saturated heterocycles. The Labute approximate surface area is 95.9 Å². The number of aryl methyl sites for hydroxylation is 1. The molecule has 92 valence electrons. The summed E-state index contributed by atoms with van der Waals surface area (Å²) in [7, 11) is 0. The summed E-state index contributed by atoms with van der Waals surface area (Å²) in [5.41, 5.74) is 0.861. The molecule has 0 fully saturated rings. The molecule has 0 aliphatic heterocycles. The Morgan fingerprint density at radius 1 is 1.41 bits per heavy atom. The Hall–Kier alpha value is -1.77. The van der Waals surface area contributed by atoms with Crippen LogP contribution in [0.1, 0.15) is 11.1 Å². The van der Waals surface area contributed by atoms with Crippen molar-refractivity contribution in [1.82, 2.24) is 0 Å². The highest BCUT2D eigenvalue weighted by molar-refractivity contribution is 5.62. The summed E-state index contributed by atoms with van der Waals surface area (Å²) < 4.78 is 49.3. The van der Waals surface area contributed by atoms with Crippen LogP contribution in [0.25, 0.3) is 0 Å². The van der Waals surface area contributed by atoms with Crippen molar-refractivity contribution >= 4 is 5.69 Å². The van der Waals surface area contributed by atoms with Crippen LogP contribution in [0.3, 0.4) is 0 Å². The van der Waals surface area contributed by atoms with E-state index in [0.29, 0.717) is 5.56 Å². The van der Waals surface area contributed by atoms with Gasteiger partial charge >= 0.3 is 12.3 Å². The second kappa shape index (κ2) is 5.04. The second-order valence-corrected chi connectivity index (χ2v) is 3.52. The molecule has 6 heteroatoms. The van der Waals surface area contributed by atoms with E-state index in [4.69, 9.17) is 5.26 Å². The molecule has 2 nitrogen and oxygen atoms in total. The van der Waals surface area contributed by atoms with Crippen molar-refractivity contribution in [2.45, 2.75) is 19.3 Å². The van der Waals surface area contributed by atoms with Gasteiger partial charge in [-0.2, -0.15) is 14.0 Å². The minimum Gasteiger partial charge on any atom is -0.377 e. The topological polar surface area (TPSA) is 35.8 Å². The summed E-state index contributed by atoms with van der Waals surface area (Å²) in [6.45, 7) is 0.397. The van der Waals surface area contributed by atoms with Gasteiger partial charge in [-0.15, -0.1) is 0 Å². The van der Waals surface area contributed by atoms with Gasteiger partial charge in [0.25, 0.3) is 0 Å². The third kappa shape index (κ3) is 3.09. The van der Waals surface area contributed by atoms with E-state index in [0.717, 1.165) is 0 Å². The third-order valence-corrected chi connectivity index (χ3v) is 2.21. The van der Waals surface area contributed by atoms with E-state index < -0.39 is 18.9 Å². The van der Waals surface area contributed by atoms with E-state index >= 15 is 0 Å². The van der Waals surface area contributed by atoms with Crippen molar-refractivity contribution in [2.75, 3.05) is 11.9 Å². The highest BCUT2D eigenvalue weighted by Crippen LogP contribution is 2.25. The van der Waals surface area contributed by atoms with Gasteiger partial charge in [-0.1, -0.05) is 12.1 Å². The molecule has 0 spiro atoms.